The molecule has 2 saturated carbocycles. The van der Waals surface area contributed by atoms with Crippen LogP contribution in [0.1, 0.15) is 36.9 Å². The molecule has 3 aliphatic rings. The molecule has 5 nitrogen and oxygen atoms in total. The molecule has 0 bridgehead atoms. The number of nitrogens with two attached hydrogens (primary N) is 1. The molecule has 4 N–H and O–H groups in total. The van der Waals surface area contributed by atoms with E-state index in [1.807, 2.05) is 6.07 Å². The van der Waals surface area contributed by atoms with Crippen LogP contribution in [-0.2, 0) is 17.6 Å². The minimum absolute atomic E-state index is 0.0135. The number of pyridine rings is 1. The summed E-state index contributed by atoms with van der Waals surface area (Å²) < 4.78 is 0. The average Bonchev–Trinajstić information content (AvgIpc) is 3.19. The number of rotatable bonds is 2. The standard InChI is InChI=1S/C16H21N3O2/c17-12-7-11(9-6-10(9)12)15(20)19-14-5-8-3-1-2-4-13(8)18-16(14)21/h5,9-12H,1-4,6-7,17H2,(H,18,21)(H,19,20)/t9-,10+,11-,12+/m0/s1. The Morgan fingerprint density at radius 1 is 1.24 bits per heavy atom. The second-order valence-corrected chi connectivity index (χ2v) is 6.78. The van der Waals surface area contributed by atoms with Crippen LogP contribution in [-0.4, -0.2) is 16.9 Å². The van der Waals surface area contributed by atoms with Gasteiger partial charge in [0.05, 0.1) is 0 Å². The predicted molar refractivity (Wildman–Crippen MR) is 80.0 cm³/mol. The van der Waals surface area contributed by atoms with Crippen LogP contribution in [0.5, 0.6) is 0 Å². The van der Waals surface area contributed by atoms with Crippen LogP contribution in [0, 0.1) is 17.8 Å². The zero-order valence-electron chi connectivity index (χ0n) is 12.0. The van der Waals surface area contributed by atoms with Gasteiger partial charge < -0.3 is 16.0 Å². The molecule has 0 spiro atoms. The van der Waals surface area contributed by atoms with Crippen LogP contribution in [0.4, 0.5) is 5.69 Å². The van der Waals surface area contributed by atoms with Gasteiger partial charge in [-0.3, -0.25) is 9.59 Å². The van der Waals surface area contributed by atoms with Crippen molar-refractivity contribution in [1.29, 1.82) is 0 Å². The van der Waals surface area contributed by atoms with Gasteiger partial charge in [-0.2, -0.15) is 0 Å². The minimum atomic E-state index is -0.182. The van der Waals surface area contributed by atoms with Gasteiger partial charge in [0.25, 0.3) is 5.56 Å². The summed E-state index contributed by atoms with van der Waals surface area (Å²) in [6.45, 7) is 0. The van der Waals surface area contributed by atoms with Gasteiger partial charge in [-0.1, -0.05) is 0 Å². The number of carbonyl (C=O) groups excluding carboxylic acids is 1. The summed E-state index contributed by atoms with van der Waals surface area (Å²) >= 11 is 0. The average molecular weight is 287 g/mol. The second-order valence-electron chi connectivity index (χ2n) is 6.78. The Labute approximate surface area is 123 Å². The van der Waals surface area contributed by atoms with Gasteiger partial charge in [0.2, 0.25) is 5.91 Å². The lowest BCUT2D eigenvalue weighted by Crippen LogP contribution is -2.29. The summed E-state index contributed by atoms with van der Waals surface area (Å²) in [7, 11) is 0. The molecule has 0 unspecified atom stereocenters. The highest BCUT2D eigenvalue weighted by Gasteiger charge is 2.55. The van der Waals surface area contributed by atoms with E-state index in [-0.39, 0.29) is 23.4 Å². The zero-order chi connectivity index (χ0) is 14.6. The van der Waals surface area contributed by atoms with Crippen molar-refractivity contribution in [2.75, 3.05) is 5.32 Å². The van der Waals surface area contributed by atoms with Gasteiger partial charge in [-0.05, 0) is 62.0 Å². The molecular formula is C16H21N3O2. The van der Waals surface area contributed by atoms with E-state index >= 15 is 0 Å². The first kappa shape index (κ1) is 13.1. The Morgan fingerprint density at radius 3 is 2.76 bits per heavy atom. The molecule has 1 heterocycles. The Hall–Kier alpha value is -1.62. The highest BCUT2D eigenvalue weighted by Crippen LogP contribution is 2.54. The number of amides is 1. The Balaban J connectivity index is 1.54. The summed E-state index contributed by atoms with van der Waals surface area (Å²) in [5.41, 5.74) is 8.44. The van der Waals surface area contributed by atoms with Gasteiger partial charge in [0, 0.05) is 17.7 Å². The molecular weight excluding hydrogens is 266 g/mol. The van der Waals surface area contributed by atoms with Crippen molar-refractivity contribution in [2.24, 2.45) is 23.5 Å². The first-order valence-electron chi connectivity index (χ1n) is 7.95. The third-order valence-electron chi connectivity index (χ3n) is 5.42. The van der Waals surface area contributed by atoms with Crippen molar-refractivity contribution in [3.8, 4) is 0 Å². The lowest BCUT2D eigenvalue weighted by atomic mass is 9.95. The third-order valence-corrected chi connectivity index (χ3v) is 5.42. The van der Waals surface area contributed by atoms with Crippen molar-refractivity contribution >= 4 is 11.6 Å². The number of aromatic amines is 1. The lowest BCUT2D eigenvalue weighted by Gasteiger charge is -2.17. The minimum Gasteiger partial charge on any atom is -0.327 e. The summed E-state index contributed by atoms with van der Waals surface area (Å²) in [6, 6.07) is 2.03. The number of nitrogens with one attached hydrogen (secondary N) is 2. The Morgan fingerprint density at radius 2 is 2.05 bits per heavy atom. The normalized spacial score (nSPS) is 33.2. The molecule has 1 aromatic heterocycles. The third kappa shape index (κ3) is 2.20. The molecule has 1 aromatic rings. The van der Waals surface area contributed by atoms with Gasteiger partial charge in [0.1, 0.15) is 5.69 Å². The van der Waals surface area contributed by atoms with E-state index in [0.29, 0.717) is 17.5 Å². The van der Waals surface area contributed by atoms with Crippen LogP contribution >= 0.6 is 0 Å². The summed E-state index contributed by atoms with van der Waals surface area (Å²) in [5, 5.41) is 2.84. The maximum Gasteiger partial charge on any atom is 0.271 e. The second kappa shape index (κ2) is 4.70. The van der Waals surface area contributed by atoms with E-state index in [1.165, 1.54) is 5.56 Å². The molecule has 5 heteroatoms. The number of anilines is 1. The van der Waals surface area contributed by atoms with Crippen LogP contribution in [0.2, 0.25) is 0 Å². The van der Waals surface area contributed by atoms with E-state index < -0.39 is 0 Å². The molecule has 0 saturated heterocycles. The molecule has 2 fully saturated rings. The fourth-order valence-corrected chi connectivity index (χ4v) is 4.13. The van der Waals surface area contributed by atoms with Crippen molar-refractivity contribution in [3.05, 3.63) is 27.7 Å². The van der Waals surface area contributed by atoms with Crippen molar-refractivity contribution in [3.63, 3.8) is 0 Å². The van der Waals surface area contributed by atoms with Gasteiger partial charge in [0.15, 0.2) is 0 Å². The molecule has 1 amide bonds. The first-order chi connectivity index (χ1) is 10.1. The smallest absolute Gasteiger partial charge is 0.271 e. The van der Waals surface area contributed by atoms with Crippen molar-refractivity contribution in [2.45, 2.75) is 44.6 Å². The number of aryl methyl sites for hydroxylation is 2. The fraction of sp³-hybridized carbons (Fsp3) is 0.625. The van der Waals surface area contributed by atoms with E-state index in [1.54, 1.807) is 0 Å². The van der Waals surface area contributed by atoms with Crippen molar-refractivity contribution in [1.82, 2.24) is 4.98 Å². The molecule has 0 aliphatic heterocycles. The van der Waals surface area contributed by atoms with Crippen LogP contribution in [0.3, 0.4) is 0 Å². The fourth-order valence-electron chi connectivity index (χ4n) is 4.13. The monoisotopic (exact) mass is 287 g/mol. The highest BCUT2D eigenvalue weighted by atomic mass is 16.2. The quantitative estimate of drug-likeness (QED) is 0.763. The van der Waals surface area contributed by atoms with Gasteiger partial charge in [-0.25, -0.2) is 0 Å². The van der Waals surface area contributed by atoms with E-state index in [2.05, 4.69) is 10.3 Å². The number of hydrogen-bond donors (Lipinski definition) is 3. The molecule has 3 aliphatic carbocycles. The predicted octanol–water partition coefficient (Wildman–Crippen LogP) is 1.18. The molecule has 21 heavy (non-hydrogen) atoms. The van der Waals surface area contributed by atoms with Crippen LogP contribution in [0.15, 0.2) is 10.9 Å². The zero-order valence-corrected chi connectivity index (χ0v) is 12.0. The number of fused-ring (bicyclic) bond motifs is 2. The maximum absolute atomic E-state index is 12.4. The molecule has 0 radical (unpaired) electrons. The van der Waals surface area contributed by atoms with Crippen LogP contribution in [0.25, 0.3) is 0 Å². The lowest BCUT2D eigenvalue weighted by molar-refractivity contribution is -0.120. The Bertz CT molecular complexity index is 651. The Kier molecular flexibility index (Phi) is 2.92. The number of hydrogen-bond acceptors (Lipinski definition) is 3. The maximum atomic E-state index is 12.4. The molecule has 4 rings (SSSR count). The summed E-state index contributed by atoms with van der Waals surface area (Å²) in [6.07, 6.45) is 6.00. The topological polar surface area (TPSA) is 88.0 Å². The summed E-state index contributed by atoms with van der Waals surface area (Å²) in [4.78, 5) is 27.4. The van der Waals surface area contributed by atoms with E-state index in [0.717, 1.165) is 44.2 Å². The molecule has 0 aromatic carbocycles. The highest BCUT2D eigenvalue weighted by molar-refractivity contribution is 5.93. The number of H-pyrrole nitrogens is 1. The number of carbonyl (C=O) groups is 1. The molecule has 4 atom stereocenters. The van der Waals surface area contributed by atoms with Crippen molar-refractivity contribution < 1.29 is 4.79 Å². The summed E-state index contributed by atoms with van der Waals surface area (Å²) in [5.74, 6) is 0.927. The first-order valence-corrected chi connectivity index (χ1v) is 7.95. The van der Waals surface area contributed by atoms with Gasteiger partial charge >= 0.3 is 0 Å². The molecule has 112 valence electrons. The number of aromatic nitrogens is 1. The van der Waals surface area contributed by atoms with E-state index in [4.69, 9.17) is 5.73 Å². The van der Waals surface area contributed by atoms with Gasteiger partial charge in [-0.15, -0.1) is 0 Å². The van der Waals surface area contributed by atoms with Crippen LogP contribution < -0.4 is 16.6 Å². The largest absolute Gasteiger partial charge is 0.327 e. The van der Waals surface area contributed by atoms with E-state index in [9.17, 15) is 9.59 Å². The SMILES string of the molecule is N[C@@H]1C[C@H](C(=O)Nc2cc3c([nH]c2=O)CCCC3)[C@H]2C[C@H]21.